The Morgan fingerprint density at radius 3 is 2.50 bits per heavy atom. The van der Waals surface area contributed by atoms with Gasteiger partial charge < -0.3 is 10.1 Å². The van der Waals surface area contributed by atoms with Crippen LogP contribution in [-0.2, 0) is 4.74 Å². The summed E-state index contributed by atoms with van der Waals surface area (Å²) in [5.41, 5.74) is 2.69. The first-order valence-corrected chi connectivity index (χ1v) is 6.06. The Labute approximate surface area is 98.0 Å². The van der Waals surface area contributed by atoms with Crippen molar-refractivity contribution < 1.29 is 4.74 Å². The fraction of sp³-hybridized carbons (Fsp3) is 0.571. The zero-order valence-corrected chi connectivity index (χ0v) is 10.4. The van der Waals surface area contributed by atoms with Gasteiger partial charge in [-0.25, -0.2) is 0 Å². The highest BCUT2D eigenvalue weighted by Gasteiger charge is 2.29. The van der Waals surface area contributed by atoms with E-state index in [-0.39, 0.29) is 0 Å². The van der Waals surface area contributed by atoms with Crippen molar-refractivity contribution in [3.05, 3.63) is 35.4 Å². The van der Waals surface area contributed by atoms with Gasteiger partial charge in [0.1, 0.15) is 0 Å². The monoisotopic (exact) mass is 219 g/mol. The highest BCUT2D eigenvalue weighted by atomic mass is 16.5. The van der Waals surface area contributed by atoms with Gasteiger partial charge in [-0.2, -0.15) is 0 Å². The summed E-state index contributed by atoms with van der Waals surface area (Å²) in [5, 5.41) is 3.42. The molecule has 1 saturated heterocycles. The summed E-state index contributed by atoms with van der Waals surface area (Å²) >= 11 is 0. The molecule has 0 aromatic heterocycles. The minimum Gasteiger partial charge on any atom is -0.378 e. The Morgan fingerprint density at radius 2 is 2.00 bits per heavy atom. The van der Waals surface area contributed by atoms with Crippen LogP contribution in [0.1, 0.15) is 30.5 Å². The average Bonchev–Trinajstić information content (AvgIpc) is 2.69. The molecular formula is C14H21NO. The van der Waals surface area contributed by atoms with Gasteiger partial charge in [-0.3, -0.25) is 0 Å². The van der Waals surface area contributed by atoms with Gasteiger partial charge in [-0.15, -0.1) is 0 Å². The second-order valence-corrected chi connectivity index (χ2v) is 4.82. The molecule has 16 heavy (non-hydrogen) atoms. The molecular weight excluding hydrogens is 198 g/mol. The summed E-state index contributed by atoms with van der Waals surface area (Å²) in [6.07, 6.45) is 1.56. The lowest BCUT2D eigenvalue weighted by Gasteiger charge is -2.22. The first-order valence-electron chi connectivity index (χ1n) is 6.06. The van der Waals surface area contributed by atoms with Gasteiger partial charge in [0.25, 0.3) is 0 Å². The largest absolute Gasteiger partial charge is 0.378 e. The summed E-state index contributed by atoms with van der Waals surface area (Å²) in [7, 11) is 2.04. The topological polar surface area (TPSA) is 21.3 Å². The molecule has 0 spiro atoms. The molecule has 1 fully saturated rings. The van der Waals surface area contributed by atoms with Gasteiger partial charge in [0.05, 0.1) is 12.7 Å². The summed E-state index contributed by atoms with van der Waals surface area (Å²) < 4.78 is 5.65. The number of aryl methyl sites for hydroxylation is 1. The van der Waals surface area contributed by atoms with E-state index in [0.717, 1.165) is 13.0 Å². The van der Waals surface area contributed by atoms with Crippen molar-refractivity contribution in [3.63, 3.8) is 0 Å². The number of hydrogen-bond donors (Lipinski definition) is 1. The third-order valence-corrected chi connectivity index (χ3v) is 3.45. The summed E-state index contributed by atoms with van der Waals surface area (Å²) in [6, 6.07) is 9.22. The lowest BCUT2D eigenvalue weighted by molar-refractivity contribution is 0.117. The van der Waals surface area contributed by atoms with Crippen LogP contribution >= 0.6 is 0 Å². The molecule has 1 aliphatic heterocycles. The Bertz CT molecular complexity index is 333. The minimum atomic E-state index is 0.409. The molecule has 2 rings (SSSR count). The van der Waals surface area contributed by atoms with E-state index in [1.807, 2.05) is 7.05 Å². The molecule has 1 aromatic carbocycles. The van der Waals surface area contributed by atoms with Gasteiger partial charge in [-0.05, 0) is 32.9 Å². The van der Waals surface area contributed by atoms with Crippen LogP contribution in [0.3, 0.4) is 0 Å². The van der Waals surface area contributed by atoms with Crippen LogP contribution in [-0.4, -0.2) is 19.8 Å². The Balaban J connectivity index is 2.13. The van der Waals surface area contributed by atoms with Crippen LogP contribution in [0.4, 0.5) is 0 Å². The fourth-order valence-corrected chi connectivity index (χ4v) is 2.53. The van der Waals surface area contributed by atoms with E-state index in [0.29, 0.717) is 18.1 Å². The van der Waals surface area contributed by atoms with Crippen LogP contribution in [0.15, 0.2) is 24.3 Å². The number of hydrogen-bond acceptors (Lipinski definition) is 2. The smallest absolute Gasteiger partial charge is 0.0551 e. The highest BCUT2D eigenvalue weighted by Crippen LogP contribution is 2.31. The molecule has 1 heterocycles. The maximum Gasteiger partial charge on any atom is 0.0551 e. The summed E-state index contributed by atoms with van der Waals surface area (Å²) in [6.45, 7) is 5.15. The number of rotatable bonds is 3. The van der Waals surface area contributed by atoms with Gasteiger partial charge in [-0.1, -0.05) is 29.8 Å². The first kappa shape index (κ1) is 11.6. The second kappa shape index (κ2) is 4.98. The number of nitrogens with one attached hydrogen (secondary N) is 1. The second-order valence-electron chi connectivity index (χ2n) is 4.82. The first-order chi connectivity index (χ1) is 7.70. The van der Waals surface area contributed by atoms with E-state index in [4.69, 9.17) is 4.74 Å². The van der Waals surface area contributed by atoms with E-state index < -0.39 is 0 Å². The SMILES string of the molecule is CNC(c1ccc(C)cc1)C1COC(C)C1. The zero-order chi connectivity index (χ0) is 11.5. The molecule has 3 atom stereocenters. The minimum absolute atomic E-state index is 0.409. The normalized spacial score (nSPS) is 26.9. The molecule has 3 unspecified atom stereocenters. The third kappa shape index (κ3) is 2.45. The Morgan fingerprint density at radius 1 is 1.31 bits per heavy atom. The average molecular weight is 219 g/mol. The highest BCUT2D eigenvalue weighted by molar-refractivity contribution is 5.24. The van der Waals surface area contributed by atoms with Crippen molar-refractivity contribution >= 4 is 0 Å². The standard InChI is InChI=1S/C14H21NO/c1-10-4-6-12(7-5-10)14(15-3)13-8-11(2)16-9-13/h4-7,11,13-15H,8-9H2,1-3H3. The zero-order valence-electron chi connectivity index (χ0n) is 10.4. The van der Waals surface area contributed by atoms with Gasteiger partial charge >= 0.3 is 0 Å². The van der Waals surface area contributed by atoms with E-state index in [1.165, 1.54) is 11.1 Å². The molecule has 1 aromatic rings. The number of ether oxygens (including phenoxy) is 1. The van der Waals surface area contributed by atoms with Crippen molar-refractivity contribution in [1.82, 2.24) is 5.32 Å². The van der Waals surface area contributed by atoms with Crippen LogP contribution < -0.4 is 5.32 Å². The van der Waals surface area contributed by atoms with E-state index in [2.05, 4.69) is 43.4 Å². The maximum atomic E-state index is 5.65. The predicted octanol–water partition coefficient (Wildman–Crippen LogP) is 2.68. The lowest BCUT2D eigenvalue weighted by Crippen LogP contribution is -2.25. The Hall–Kier alpha value is -0.860. The molecule has 1 aliphatic rings. The van der Waals surface area contributed by atoms with Crippen molar-refractivity contribution in [1.29, 1.82) is 0 Å². The van der Waals surface area contributed by atoms with Crippen molar-refractivity contribution in [2.45, 2.75) is 32.4 Å². The maximum absolute atomic E-state index is 5.65. The quantitative estimate of drug-likeness (QED) is 0.844. The molecule has 2 nitrogen and oxygen atoms in total. The third-order valence-electron chi connectivity index (χ3n) is 3.45. The van der Waals surface area contributed by atoms with Crippen LogP contribution in [0, 0.1) is 12.8 Å². The van der Waals surface area contributed by atoms with E-state index >= 15 is 0 Å². The van der Waals surface area contributed by atoms with Gasteiger partial charge in [0.15, 0.2) is 0 Å². The van der Waals surface area contributed by atoms with Crippen LogP contribution in [0.5, 0.6) is 0 Å². The molecule has 0 aliphatic carbocycles. The lowest BCUT2D eigenvalue weighted by atomic mass is 9.91. The molecule has 1 N–H and O–H groups in total. The molecule has 2 heteroatoms. The predicted molar refractivity (Wildman–Crippen MR) is 66.5 cm³/mol. The molecule has 0 saturated carbocycles. The Kier molecular flexibility index (Phi) is 3.62. The molecule has 0 amide bonds. The van der Waals surface area contributed by atoms with Crippen LogP contribution in [0.25, 0.3) is 0 Å². The van der Waals surface area contributed by atoms with Crippen molar-refractivity contribution in [2.24, 2.45) is 5.92 Å². The molecule has 0 bridgehead atoms. The van der Waals surface area contributed by atoms with Gasteiger partial charge in [0.2, 0.25) is 0 Å². The summed E-state index contributed by atoms with van der Waals surface area (Å²) in [4.78, 5) is 0. The number of benzene rings is 1. The van der Waals surface area contributed by atoms with Gasteiger partial charge in [0, 0.05) is 12.0 Å². The van der Waals surface area contributed by atoms with E-state index in [1.54, 1.807) is 0 Å². The fourth-order valence-electron chi connectivity index (χ4n) is 2.53. The van der Waals surface area contributed by atoms with Crippen LogP contribution in [0.2, 0.25) is 0 Å². The van der Waals surface area contributed by atoms with Crippen molar-refractivity contribution in [3.8, 4) is 0 Å². The van der Waals surface area contributed by atoms with Crippen molar-refractivity contribution in [2.75, 3.05) is 13.7 Å². The summed E-state index contributed by atoms with van der Waals surface area (Å²) in [5.74, 6) is 0.600. The molecule has 0 radical (unpaired) electrons. The van der Waals surface area contributed by atoms with E-state index in [9.17, 15) is 0 Å². The molecule has 88 valence electrons.